The fourth-order valence-electron chi connectivity index (χ4n) is 0.182. The Kier molecular flexibility index (Phi) is 2.86. The lowest BCUT2D eigenvalue weighted by Gasteiger charge is -1.64. The van der Waals surface area contributed by atoms with E-state index in [4.69, 9.17) is 5.73 Å². The van der Waals surface area contributed by atoms with Gasteiger partial charge < -0.3 is 22.7 Å². The molecule has 0 radical (unpaired) electrons. The van der Waals surface area contributed by atoms with Crippen molar-refractivity contribution in [1.82, 2.24) is 10.2 Å². The minimum Gasteiger partial charge on any atom is -1.00 e. The quantitative estimate of drug-likeness (QED) is 0.468. The van der Waals surface area contributed by atoms with Gasteiger partial charge in [-0.15, -0.1) is 10.2 Å². The number of nitrogens with two attached hydrogens (primary N) is 1. The van der Waals surface area contributed by atoms with Crippen molar-refractivity contribution in [2.45, 2.75) is 0 Å². The number of rotatable bonds is 0. The molecule has 0 atom stereocenters. The second-order valence-electron chi connectivity index (χ2n) is 0.777. The molecule has 1 aromatic heterocycles. The third-order valence-electron chi connectivity index (χ3n) is 0.377. The zero-order chi connectivity index (χ0) is 4.41. The lowest BCUT2D eigenvalue weighted by atomic mass is 11.3. The van der Waals surface area contributed by atoms with Crippen LogP contribution >= 0.6 is 11.3 Å². The second-order valence-corrected chi connectivity index (χ2v) is 1.64. The molecular weight excluding hydrogens is 178 g/mol. The van der Waals surface area contributed by atoms with Gasteiger partial charge in [0.1, 0.15) is 5.51 Å². The molecule has 0 aliphatic heterocycles. The number of nitrogen functional groups attached to an aromatic ring is 1. The Morgan fingerprint density at radius 2 is 2.43 bits per heavy atom. The molecule has 3 nitrogen and oxygen atoms in total. The Balaban J connectivity index is 0.000000360. The number of halogens is 1. The number of anilines is 1. The Hall–Kier alpha value is -0.160. The topological polar surface area (TPSA) is 51.8 Å². The van der Waals surface area contributed by atoms with Crippen molar-refractivity contribution in [2.75, 3.05) is 5.73 Å². The predicted octanol–water partition coefficient (Wildman–Crippen LogP) is -2.88. The molecule has 0 saturated carbocycles. The highest BCUT2D eigenvalue weighted by Crippen LogP contribution is 1.98. The van der Waals surface area contributed by atoms with Gasteiger partial charge in [-0.05, 0) is 0 Å². The molecular formula is C2H3BrN3S-. The van der Waals surface area contributed by atoms with E-state index in [-0.39, 0.29) is 17.0 Å². The van der Waals surface area contributed by atoms with Crippen molar-refractivity contribution in [3.63, 3.8) is 0 Å². The fraction of sp³-hybridized carbons (Fsp3) is 0. The summed E-state index contributed by atoms with van der Waals surface area (Å²) in [5.41, 5.74) is 6.72. The first-order valence-corrected chi connectivity index (χ1v) is 2.29. The maximum absolute atomic E-state index is 5.12. The SMILES string of the molecule is Nc1nncs1.[Br-]. The van der Waals surface area contributed by atoms with Gasteiger partial charge in [-0.1, -0.05) is 11.3 Å². The summed E-state index contributed by atoms with van der Waals surface area (Å²) in [4.78, 5) is 0. The van der Waals surface area contributed by atoms with Crippen LogP contribution in [0, 0.1) is 0 Å². The standard InChI is InChI=1S/C2H3N3S.BrH/c3-2-5-4-1-6-2;/h1H,(H2,3,5);1H/p-1. The van der Waals surface area contributed by atoms with Gasteiger partial charge in [0.15, 0.2) is 0 Å². The Morgan fingerprint density at radius 1 is 1.71 bits per heavy atom. The summed E-state index contributed by atoms with van der Waals surface area (Å²) < 4.78 is 0. The fourth-order valence-corrected chi connectivity index (χ4v) is 0.478. The number of hydrogen-bond donors (Lipinski definition) is 1. The highest BCUT2D eigenvalue weighted by Gasteiger charge is 1.78. The molecule has 2 N–H and O–H groups in total. The Bertz CT molecular complexity index is 116. The van der Waals surface area contributed by atoms with Crippen molar-refractivity contribution < 1.29 is 17.0 Å². The molecule has 5 heteroatoms. The zero-order valence-electron chi connectivity index (χ0n) is 3.34. The van der Waals surface area contributed by atoms with E-state index in [1.54, 1.807) is 5.51 Å². The van der Waals surface area contributed by atoms with Crippen molar-refractivity contribution in [3.8, 4) is 0 Å². The van der Waals surface area contributed by atoms with E-state index in [9.17, 15) is 0 Å². The van der Waals surface area contributed by atoms with Crippen molar-refractivity contribution in [1.29, 1.82) is 0 Å². The normalized spacial score (nSPS) is 7.43. The molecule has 0 amide bonds. The van der Waals surface area contributed by atoms with Gasteiger partial charge in [0.2, 0.25) is 5.13 Å². The molecule has 0 fully saturated rings. The predicted molar refractivity (Wildman–Crippen MR) is 24.3 cm³/mol. The van der Waals surface area contributed by atoms with Crippen molar-refractivity contribution in [3.05, 3.63) is 5.51 Å². The molecule has 0 saturated heterocycles. The third kappa shape index (κ3) is 1.84. The second kappa shape index (κ2) is 2.92. The van der Waals surface area contributed by atoms with E-state index in [0.717, 1.165) is 0 Å². The molecule has 40 valence electrons. The van der Waals surface area contributed by atoms with Crippen LogP contribution in [-0.2, 0) is 0 Å². The minimum atomic E-state index is 0. The van der Waals surface area contributed by atoms with Gasteiger partial charge in [-0.2, -0.15) is 0 Å². The van der Waals surface area contributed by atoms with Crippen LogP contribution in [-0.4, -0.2) is 10.2 Å². The molecule has 1 heterocycles. The van der Waals surface area contributed by atoms with E-state index in [2.05, 4.69) is 10.2 Å². The first kappa shape index (κ1) is 6.84. The number of hydrogen-bond acceptors (Lipinski definition) is 4. The minimum absolute atomic E-state index is 0. The Morgan fingerprint density at radius 3 is 2.57 bits per heavy atom. The average Bonchev–Trinajstić information content (AvgIpc) is 1.86. The third-order valence-corrected chi connectivity index (χ3v) is 0.900. The highest BCUT2D eigenvalue weighted by atomic mass is 79.9. The lowest BCUT2D eigenvalue weighted by Crippen LogP contribution is -3.00. The summed E-state index contributed by atoms with van der Waals surface area (Å²) in [6, 6.07) is 0. The summed E-state index contributed by atoms with van der Waals surface area (Å²) in [6.07, 6.45) is 0. The van der Waals surface area contributed by atoms with E-state index in [0.29, 0.717) is 5.13 Å². The van der Waals surface area contributed by atoms with E-state index >= 15 is 0 Å². The van der Waals surface area contributed by atoms with Crippen LogP contribution in [0.3, 0.4) is 0 Å². The van der Waals surface area contributed by atoms with Crippen LogP contribution in [0.25, 0.3) is 0 Å². The summed E-state index contributed by atoms with van der Waals surface area (Å²) in [7, 11) is 0. The van der Waals surface area contributed by atoms with Crippen LogP contribution in [0.5, 0.6) is 0 Å². The van der Waals surface area contributed by atoms with Crippen LogP contribution in [0.15, 0.2) is 5.51 Å². The molecule has 1 aromatic rings. The molecule has 0 spiro atoms. The Labute approximate surface area is 55.3 Å². The maximum atomic E-state index is 5.12. The van der Waals surface area contributed by atoms with Crippen LogP contribution in [0.1, 0.15) is 0 Å². The smallest absolute Gasteiger partial charge is 0.202 e. The van der Waals surface area contributed by atoms with E-state index in [1.807, 2.05) is 0 Å². The number of aromatic nitrogens is 2. The highest BCUT2D eigenvalue weighted by molar-refractivity contribution is 7.13. The molecule has 1 rings (SSSR count). The van der Waals surface area contributed by atoms with Crippen LogP contribution in [0.4, 0.5) is 5.13 Å². The first-order chi connectivity index (χ1) is 2.89. The van der Waals surface area contributed by atoms with Gasteiger partial charge in [0.25, 0.3) is 0 Å². The summed E-state index contributed by atoms with van der Waals surface area (Å²) >= 11 is 1.33. The molecule has 0 aliphatic rings. The summed E-state index contributed by atoms with van der Waals surface area (Å²) in [5, 5.41) is 7.45. The van der Waals surface area contributed by atoms with Gasteiger partial charge in [-0.25, -0.2) is 0 Å². The van der Waals surface area contributed by atoms with E-state index < -0.39 is 0 Å². The molecule has 0 aliphatic carbocycles. The lowest BCUT2D eigenvalue weighted by molar-refractivity contribution is -0.00000131. The van der Waals surface area contributed by atoms with Gasteiger partial charge in [0.05, 0.1) is 0 Å². The number of nitrogens with zero attached hydrogens (tertiary/aromatic N) is 2. The van der Waals surface area contributed by atoms with Crippen molar-refractivity contribution >= 4 is 16.5 Å². The molecule has 7 heavy (non-hydrogen) atoms. The zero-order valence-corrected chi connectivity index (χ0v) is 5.74. The molecule has 0 bridgehead atoms. The van der Waals surface area contributed by atoms with Crippen LogP contribution in [0.2, 0.25) is 0 Å². The molecule has 0 aromatic carbocycles. The van der Waals surface area contributed by atoms with E-state index in [1.165, 1.54) is 11.3 Å². The molecule has 0 unspecified atom stereocenters. The van der Waals surface area contributed by atoms with Gasteiger partial charge in [-0.3, -0.25) is 0 Å². The first-order valence-electron chi connectivity index (χ1n) is 1.41. The average molecular weight is 181 g/mol. The maximum Gasteiger partial charge on any atom is 0.202 e. The summed E-state index contributed by atoms with van der Waals surface area (Å²) in [6.45, 7) is 0. The van der Waals surface area contributed by atoms with Gasteiger partial charge >= 0.3 is 0 Å². The monoisotopic (exact) mass is 180 g/mol. The largest absolute Gasteiger partial charge is 1.00 e. The summed E-state index contributed by atoms with van der Waals surface area (Å²) in [5.74, 6) is 0. The van der Waals surface area contributed by atoms with Crippen molar-refractivity contribution in [2.24, 2.45) is 0 Å². The van der Waals surface area contributed by atoms with Crippen LogP contribution < -0.4 is 22.7 Å². The van der Waals surface area contributed by atoms with Gasteiger partial charge in [0, 0.05) is 0 Å².